The number of nitrogens with one attached hydrogen (secondary N) is 1. The zero-order valence-electron chi connectivity index (χ0n) is 13.2. The second-order valence-corrected chi connectivity index (χ2v) is 5.30. The van der Waals surface area contributed by atoms with Crippen molar-refractivity contribution in [1.82, 2.24) is 5.43 Å². The van der Waals surface area contributed by atoms with E-state index >= 15 is 0 Å². The summed E-state index contributed by atoms with van der Waals surface area (Å²) in [6.45, 7) is 0.995. The number of fused-ring (bicyclic) bond motifs is 1. The van der Waals surface area contributed by atoms with Gasteiger partial charge >= 0.3 is 0 Å². The van der Waals surface area contributed by atoms with Crippen LogP contribution in [0.25, 0.3) is 0 Å². The fraction of sp³-hybridized carbons (Fsp3) is 0.176. The lowest BCUT2D eigenvalue weighted by molar-refractivity contribution is -0.384. The van der Waals surface area contributed by atoms with E-state index in [2.05, 4.69) is 10.5 Å². The molecule has 2 aromatic rings. The molecule has 1 aliphatic heterocycles. The number of carbonyl (C=O) groups is 1. The minimum absolute atomic E-state index is 0.0356. The molecule has 3 rings (SSSR count). The average molecular weight is 341 g/mol. The lowest BCUT2D eigenvalue weighted by atomic mass is 10.1. The van der Waals surface area contributed by atoms with E-state index in [9.17, 15) is 14.9 Å². The molecule has 0 aliphatic carbocycles. The van der Waals surface area contributed by atoms with Gasteiger partial charge in [-0.25, -0.2) is 5.43 Å². The largest absolute Gasteiger partial charge is 0.486 e. The number of nitrogens with zero attached hydrogens (tertiary/aromatic N) is 2. The van der Waals surface area contributed by atoms with Crippen molar-refractivity contribution in [2.24, 2.45) is 5.10 Å². The van der Waals surface area contributed by atoms with Crippen molar-refractivity contribution in [2.45, 2.75) is 6.42 Å². The van der Waals surface area contributed by atoms with Gasteiger partial charge in [-0.15, -0.1) is 0 Å². The molecular weight excluding hydrogens is 326 g/mol. The molecule has 0 aromatic heterocycles. The summed E-state index contributed by atoms with van der Waals surface area (Å²) in [5, 5.41) is 14.5. The number of benzene rings is 2. The van der Waals surface area contributed by atoms with Gasteiger partial charge in [-0.1, -0.05) is 18.2 Å². The number of non-ortho nitro benzene ring substituents is 1. The Morgan fingerprint density at radius 1 is 1.20 bits per heavy atom. The fourth-order valence-corrected chi connectivity index (χ4v) is 2.32. The number of nitro groups is 1. The molecule has 1 aliphatic rings. The van der Waals surface area contributed by atoms with E-state index in [0.717, 1.165) is 5.56 Å². The van der Waals surface area contributed by atoms with Gasteiger partial charge in [0.2, 0.25) is 5.91 Å². The smallest absolute Gasteiger partial charge is 0.270 e. The fourth-order valence-electron chi connectivity index (χ4n) is 2.32. The monoisotopic (exact) mass is 341 g/mol. The van der Waals surface area contributed by atoms with E-state index in [1.54, 1.807) is 30.3 Å². The van der Waals surface area contributed by atoms with E-state index in [1.807, 2.05) is 0 Å². The van der Waals surface area contributed by atoms with Gasteiger partial charge in [0.1, 0.15) is 13.2 Å². The molecule has 1 heterocycles. The van der Waals surface area contributed by atoms with E-state index in [4.69, 9.17) is 9.47 Å². The number of hydrogen-bond donors (Lipinski definition) is 1. The summed E-state index contributed by atoms with van der Waals surface area (Å²) in [5.41, 5.74) is 3.65. The summed E-state index contributed by atoms with van der Waals surface area (Å²) in [7, 11) is 0. The molecule has 0 unspecified atom stereocenters. The Balaban J connectivity index is 1.57. The summed E-state index contributed by atoms with van der Waals surface area (Å²) < 4.78 is 10.9. The van der Waals surface area contributed by atoms with Crippen molar-refractivity contribution >= 4 is 17.8 Å². The van der Waals surface area contributed by atoms with Gasteiger partial charge in [0, 0.05) is 17.7 Å². The molecule has 0 bridgehead atoms. The van der Waals surface area contributed by atoms with Crippen LogP contribution in [0.15, 0.2) is 47.6 Å². The molecule has 2 aromatic carbocycles. The normalized spacial score (nSPS) is 12.8. The first-order valence-corrected chi connectivity index (χ1v) is 7.57. The highest BCUT2D eigenvalue weighted by Crippen LogP contribution is 2.30. The molecule has 0 fully saturated rings. The summed E-state index contributed by atoms with van der Waals surface area (Å²) in [6, 6.07) is 11.3. The lowest BCUT2D eigenvalue weighted by Gasteiger charge is -2.18. The average Bonchev–Trinajstić information content (AvgIpc) is 2.62. The minimum Gasteiger partial charge on any atom is -0.486 e. The van der Waals surface area contributed by atoms with Crippen molar-refractivity contribution in [3.8, 4) is 11.5 Å². The van der Waals surface area contributed by atoms with Crippen LogP contribution >= 0.6 is 0 Å². The number of nitro benzene ring substituents is 1. The van der Waals surface area contributed by atoms with Crippen molar-refractivity contribution in [3.05, 3.63) is 63.7 Å². The maximum atomic E-state index is 11.9. The molecule has 0 saturated heterocycles. The summed E-state index contributed by atoms with van der Waals surface area (Å²) in [4.78, 5) is 22.2. The Bertz CT molecular complexity index is 835. The van der Waals surface area contributed by atoms with Gasteiger partial charge in [0.15, 0.2) is 11.5 Å². The number of amides is 1. The van der Waals surface area contributed by atoms with Crippen molar-refractivity contribution < 1.29 is 19.2 Å². The second-order valence-electron chi connectivity index (χ2n) is 5.30. The van der Waals surface area contributed by atoms with Crippen LogP contribution in [-0.2, 0) is 11.2 Å². The van der Waals surface area contributed by atoms with Crippen molar-refractivity contribution in [1.29, 1.82) is 0 Å². The van der Waals surface area contributed by atoms with E-state index < -0.39 is 4.92 Å². The van der Waals surface area contributed by atoms with Gasteiger partial charge < -0.3 is 9.47 Å². The Hall–Kier alpha value is -3.42. The molecule has 8 heteroatoms. The number of rotatable bonds is 5. The number of hydrazone groups is 1. The standard InChI is InChI=1S/C17H15N3O5/c21-17(10-12-4-5-15-16(9-12)25-7-6-24-15)19-18-11-13-2-1-3-14(8-13)20(22)23/h1-5,8-9,11H,6-7,10H2,(H,19,21)/b18-11+. The molecule has 8 nitrogen and oxygen atoms in total. The molecule has 1 N–H and O–H groups in total. The maximum absolute atomic E-state index is 11.9. The highest BCUT2D eigenvalue weighted by molar-refractivity contribution is 5.83. The summed E-state index contributed by atoms with van der Waals surface area (Å²) >= 11 is 0. The first kappa shape index (κ1) is 16.4. The first-order valence-electron chi connectivity index (χ1n) is 7.57. The first-order chi connectivity index (χ1) is 12.1. The SMILES string of the molecule is O=C(Cc1ccc2c(c1)OCCO2)N/N=C/c1cccc([N+](=O)[O-])c1. The Morgan fingerprint density at radius 2 is 2.00 bits per heavy atom. The molecule has 0 radical (unpaired) electrons. The minimum atomic E-state index is -0.488. The third-order valence-corrected chi connectivity index (χ3v) is 3.46. The molecule has 0 atom stereocenters. The third-order valence-electron chi connectivity index (χ3n) is 3.46. The molecule has 128 valence electrons. The van der Waals surface area contributed by atoms with Gasteiger partial charge in [-0.2, -0.15) is 5.10 Å². The number of ether oxygens (including phenoxy) is 2. The van der Waals surface area contributed by atoms with Crippen LogP contribution in [0.5, 0.6) is 11.5 Å². The third kappa shape index (κ3) is 4.31. The van der Waals surface area contributed by atoms with Gasteiger partial charge in [-0.05, 0) is 17.7 Å². The predicted octanol–water partition coefficient (Wildman–Crippen LogP) is 2.06. The van der Waals surface area contributed by atoms with Crippen LogP contribution in [-0.4, -0.2) is 30.3 Å². The predicted molar refractivity (Wildman–Crippen MR) is 90.0 cm³/mol. The van der Waals surface area contributed by atoms with E-state index in [1.165, 1.54) is 18.3 Å². The van der Waals surface area contributed by atoms with Gasteiger partial charge in [0.05, 0.1) is 17.6 Å². The number of hydrogen-bond acceptors (Lipinski definition) is 6. The zero-order chi connectivity index (χ0) is 17.6. The van der Waals surface area contributed by atoms with Crippen LogP contribution in [0.3, 0.4) is 0 Å². The molecule has 1 amide bonds. The van der Waals surface area contributed by atoms with Crippen LogP contribution in [0, 0.1) is 10.1 Å². The van der Waals surface area contributed by atoms with Gasteiger partial charge in [-0.3, -0.25) is 14.9 Å². The van der Waals surface area contributed by atoms with Crippen LogP contribution in [0.4, 0.5) is 5.69 Å². The lowest BCUT2D eigenvalue weighted by Crippen LogP contribution is -2.20. The molecule has 25 heavy (non-hydrogen) atoms. The second kappa shape index (κ2) is 7.43. The quantitative estimate of drug-likeness (QED) is 0.509. The molecule has 0 saturated carbocycles. The van der Waals surface area contributed by atoms with Crippen LogP contribution in [0.2, 0.25) is 0 Å². The molecular formula is C17H15N3O5. The summed E-state index contributed by atoms with van der Waals surface area (Å²) in [6.07, 6.45) is 1.48. The van der Waals surface area contributed by atoms with Crippen LogP contribution in [0.1, 0.15) is 11.1 Å². The Kier molecular flexibility index (Phi) is 4.89. The Morgan fingerprint density at radius 3 is 2.80 bits per heavy atom. The van der Waals surface area contributed by atoms with E-state index in [0.29, 0.717) is 30.3 Å². The number of carbonyl (C=O) groups excluding carboxylic acids is 1. The Labute approximate surface area is 143 Å². The van der Waals surface area contributed by atoms with Crippen molar-refractivity contribution in [2.75, 3.05) is 13.2 Å². The van der Waals surface area contributed by atoms with E-state index in [-0.39, 0.29) is 18.0 Å². The maximum Gasteiger partial charge on any atom is 0.270 e. The highest BCUT2D eigenvalue weighted by Gasteiger charge is 2.13. The highest BCUT2D eigenvalue weighted by atomic mass is 16.6. The molecule has 0 spiro atoms. The summed E-state index contributed by atoms with van der Waals surface area (Å²) in [5.74, 6) is 0.981. The topological polar surface area (TPSA) is 103 Å². The van der Waals surface area contributed by atoms with Gasteiger partial charge in [0.25, 0.3) is 5.69 Å². The zero-order valence-corrected chi connectivity index (χ0v) is 13.2. The van der Waals surface area contributed by atoms with Crippen molar-refractivity contribution in [3.63, 3.8) is 0 Å². The van der Waals surface area contributed by atoms with Crippen LogP contribution < -0.4 is 14.9 Å².